The van der Waals surface area contributed by atoms with E-state index in [-0.39, 0.29) is 12.2 Å². The van der Waals surface area contributed by atoms with Crippen LogP contribution in [0.5, 0.6) is 0 Å². The largest absolute Gasteiger partial charge is 0.476 e. The molecule has 2 N–H and O–H groups in total. The number of rotatable bonds is 11. The average Bonchev–Trinajstić information content (AvgIpc) is 2.93. The Kier molecular flexibility index (Phi) is 9.09. The van der Waals surface area contributed by atoms with Gasteiger partial charge in [-0.15, -0.1) is 5.10 Å². The SMILES string of the molecule is CCCCCCCCCn1nnc(C(=O)O)c1CNC(=O)OC(C)(C)C. The average molecular weight is 368 g/mol. The van der Waals surface area contributed by atoms with Crippen molar-refractivity contribution in [3.63, 3.8) is 0 Å². The number of carbonyl (C=O) groups is 2. The number of aromatic carboxylic acids is 1. The molecule has 0 radical (unpaired) electrons. The summed E-state index contributed by atoms with van der Waals surface area (Å²) in [6.45, 7) is 8.09. The Morgan fingerprint density at radius 3 is 2.31 bits per heavy atom. The molecule has 1 aromatic heterocycles. The minimum Gasteiger partial charge on any atom is -0.476 e. The highest BCUT2D eigenvalue weighted by molar-refractivity contribution is 5.86. The zero-order chi connectivity index (χ0) is 19.6. The zero-order valence-corrected chi connectivity index (χ0v) is 16.4. The summed E-state index contributed by atoms with van der Waals surface area (Å²) in [5.74, 6) is -1.16. The molecule has 0 aliphatic rings. The predicted molar refractivity (Wildman–Crippen MR) is 98.0 cm³/mol. The summed E-state index contributed by atoms with van der Waals surface area (Å²) in [4.78, 5) is 23.1. The van der Waals surface area contributed by atoms with Crippen LogP contribution >= 0.6 is 0 Å². The molecule has 0 aromatic carbocycles. The Hall–Kier alpha value is -2.12. The van der Waals surface area contributed by atoms with Gasteiger partial charge in [0.15, 0.2) is 5.69 Å². The molecule has 8 nitrogen and oxygen atoms in total. The van der Waals surface area contributed by atoms with E-state index in [4.69, 9.17) is 4.74 Å². The van der Waals surface area contributed by atoms with Gasteiger partial charge in [0.25, 0.3) is 0 Å². The topological polar surface area (TPSA) is 106 Å². The predicted octanol–water partition coefficient (Wildman–Crippen LogP) is 3.75. The van der Waals surface area contributed by atoms with Gasteiger partial charge >= 0.3 is 12.1 Å². The Balaban J connectivity index is 2.56. The summed E-state index contributed by atoms with van der Waals surface area (Å²) in [6.07, 6.45) is 7.49. The molecule has 0 saturated carbocycles. The Morgan fingerprint density at radius 2 is 1.73 bits per heavy atom. The van der Waals surface area contributed by atoms with Crippen molar-refractivity contribution < 1.29 is 19.4 Å². The normalized spacial score (nSPS) is 11.4. The summed E-state index contributed by atoms with van der Waals surface area (Å²) in [5.41, 5.74) is -0.367. The number of unbranched alkanes of at least 4 members (excludes halogenated alkanes) is 6. The van der Waals surface area contributed by atoms with Gasteiger partial charge in [0.2, 0.25) is 0 Å². The van der Waals surface area contributed by atoms with Crippen LogP contribution in [0.3, 0.4) is 0 Å². The zero-order valence-electron chi connectivity index (χ0n) is 16.4. The van der Waals surface area contributed by atoms with E-state index in [9.17, 15) is 14.7 Å². The molecule has 26 heavy (non-hydrogen) atoms. The standard InChI is InChI=1S/C18H32N4O4/c1-5-6-7-8-9-10-11-12-22-14(15(16(23)24)20-21-22)13-19-17(25)26-18(2,3)4/h5-13H2,1-4H3,(H,19,25)(H,23,24). The third-order valence-corrected chi connectivity index (χ3v) is 3.81. The number of amides is 1. The molecule has 1 heterocycles. The lowest BCUT2D eigenvalue weighted by Crippen LogP contribution is -2.33. The highest BCUT2D eigenvalue weighted by Crippen LogP contribution is 2.11. The lowest BCUT2D eigenvalue weighted by Gasteiger charge is -2.19. The van der Waals surface area contributed by atoms with E-state index >= 15 is 0 Å². The Morgan fingerprint density at radius 1 is 1.12 bits per heavy atom. The first-order valence-electron chi connectivity index (χ1n) is 9.37. The fraction of sp³-hybridized carbons (Fsp3) is 0.778. The van der Waals surface area contributed by atoms with Crippen LogP contribution in [0.2, 0.25) is 0 Å². The quantitative estimate of drug-likeness (QED) is 0.576. The van der Waals surface area contributed by atoms with Crippen molar-refractivity contribution in [3.8, 4) is 0 Å². The molecule has 0 fully saturated rings. The number of nitrogens with one attached hydrogen (secondary N) is 1. The van der Waals surface area contributed by atoms with E-state index in [2.05, 4.69) is 22.6 Å². The second-order valence-electron chi connectivity index (χ2n) is 7.39. The minimum atomic E-state index is -1.16. The van der Waals surface area contributed by atoms with Crippen LogP contribution in [0.4, 0.5) is 4.79 Å². The van der Waals surface area contributed by atoms with Crippen molar-refractivity contribution in [2.75, 3.05) is 0 Å². The van der Waals surface area contributed by atoms with Crippen molar-refractivity contribution in [2.24, 2.45) is 0 Å². The van der Waals surface area contributed by atoms with Crippen LogP contribution in [-0.2, 0) is 17.8 Å². The van der Waals surface area contributed by atoms with Gasteiger partial charge in [0.05, 0.1) is 12.2 Å². The number of hydrogen-bond donors (Lipinski definition) is 2. The molecule has 148 valence electrons. The molecule has 1 aromatic rings. The monoisotopic (exact) mass is 368 g/mol. The summed E-state index contributed by atoms with van der Waals surface area (Å²) in [6, 6.07) is 0. The fourth-order valence-electron chi connectivity index (χ4n) is 2.54. The molecule has 8 heteroatoms. The van der Waals surface area contributed by atoms with Crippen LogP contribution < -0.4 is 5.32 Å². The first kappa shape index (κ1) is 21.9. The van der Waals surface area contributed by atoms with Crippen molar-refractivity contribution in [3.05, 3.63) is 11.4 Å². The molecule has 1 amide bonds. The molecule has 1 rings (SSSR count). The number of aromatic nitrogens is 3. The van der Waals surface area contributed by atoms with Gasteiger partial charge in [0.1, 0.15) is 5.60 Å². The molecular weight excluding hydrogens is 336 g/mol. The Bertz CT molecular complexity index is 578. The smallest absolute Gasteiger partial charge is 0.407 e. The van der Waals surface area contributed by atoms with Crippen molar-refractivity contribution >= 4 is 12.1 Å². The molecule has 0 atom stereocenters. The molecule has 0 bridgehead atoms. The van der Waals surface area contributed by atoms with Gasteiger partial charge in [-0.1, -0.05) is 50.7 Å². The van der Waals surface area contributed by atoms with Gasteiger partial charge in [-0.3, -0.25) is 0 Å². The number of nitrogens with zero attached hydrogens (tertiary/aromatic N) is 3. The summed E-state index contributed by atoms with van der Waals surface area (Å²) in [5, 5.41) is 19.5. The van der Waals surface area contributed by atoms with Crippen LogP contribution in [0.1, 0.15) is 88.8 Å². The summed E-state index contributed by atoms with van der Waals surface area (Å²) >= 11 is 0. The molecular formula is C18H32N4O4. The van der Waals surface area contributed by atoms with Crippen molar-refractivity contribution in [1.82, 2.24) is 20.3 Å². The number of carboxylic acid groups (broad SMARTS) is 1. The number of carboxylic acids is 1. The molecule has 0 aliphatic carbocycles. The van der Waals surface area contributed by atoms with E-state index in [0.29, 0.717) is 12.2 Å². The second kappa shape index (κ2) is 10.8. The van der Waals surface area contributed by atoms with E-state index in [1.807, 2.05) is 0 Å². The highest BCUT2D eigenvalue weighted by Gasteiger charge is 2.21. The van der Waals surface area contributed by atoms with Gasteiger partial charge in [0, 0.05) is 6.54 Å². The van der Waals surface area contributed by atoms with Gasteiger partial charge in [-0.25, -0.2) is 14.3 Å². The van der Waals surface area contributed by atoms with E-state index < -0.39 is 17.7 Å². The number of ether oxygens (including phenoxy) is 1. The van der Waals surface area contributed by atoms with E-state index in [1.54, 1.807) is 25.5 Å². The van der Waals surface area contributed by atoms with Crippen molar-refractivity contribution in [1.29, 1.82) is 0 Å². The van der Waals surface area contributed by atoms with Crippen LogP contribution in [0, 0.1) is 0 Å². The molecule has 0 saturated heterocycles. The van der Waals surface area contributed by atoms with Crippen LogP contribution in [0.25, 0.3) is 0 Å². The highest BCUT2D eigenvalue weighted by atomic mass is 16.6. The van der Waals surface area contributed by atoms with Crippen LogP contribution in [-0.4, -0.2) is 37.8 Å². The van der Waals surface area contributed by atoms with Crippen molar-refractivity contribution in [2.45, 2.75) is 91.3 Å². The third kappa shape index (κ3) is 8.31. The fourth-order valence-corrected chi connectivity index (χ4v) is 2.54. The third-order valence-electron chi connectivity index (χ3n) is 3.81. The van der Waals surface area contributed by atoms with Crippen LogP contribution in [0.15, 0.2) is 0 Å². The molecule has 0 aliphatic heterocycles. The number of alkyl carbamates (subject to hydrolysis) is 1. The number of aryl methyl sites for hydroxylation is 1. The second-order valence-corrected chi connectivity index (χ2v) is 7.39. The van der Waals surface area contributed by atoms with Gasteiger partial charge < -0.3 is 15.2 Å². The Labute approximate surface area is 155 Å². The maximum absolute atomic E-state index is 11.8. The first-order chi connectivity index (χ1) is 12.2. The van der Waals surface area contributed by atoms with E-state index in [1.165, 1.54) is 25.7 Å². The molecule has 0 unspecified atom stereocenters. The maximum atomic E-state index is 11.8. The molecule has 0 spiro atoms. The first-order valence-corrected chi connectivity index (χ1v) is 9.37. The summed E-state index contributed by atoms with van der Waals surface area (Å²) < 4.78 is 6.74. The lowest BCUT2D eigenvalue weighted by atomic mass is 10.1. The lowest BCUT2D eigenvalue weighted by molar-refractivity contribution is 0.0519. The van der Waals surface area contributed by atoms with E-state index in [0.717, 1.165) is 19.3 Å². The van der Waals surface area contributed by atoms with Gasteiger partial charge in [-0.2, -0.15) is 0 Å². The number of hydrogen-bond acceptors (Lipinski definition) is 5. The number of carbonyl (C=O) groups excluding carboxylic acids is 1. The maximum Gasteiger partial charge on any atom is 0.407 e. The minimum absolute atomic E-state index is 0.0139. The van der Waals surface area contributed by atoms with Gasteiger partial charge in [-0.05, 0) is 27.2 Å². The summed E-state index contributed by atoms with van der Waals surface area (Å²) in [7, 11) is 0.